The molecule has 1 fully saturated rings. The fraction of sp³-hybridized carbons (Fsp3) is 0.364. The van der Waals surface area contributed by atoms with Crippen LogP contribution in [0.3, 0.4) is 0 Å². The number of rotatable bonds is 7. The molecule has 0 aromatic heterocycles. The van der Waals surface area contributed by atoms with Gasteiger partial charge in [-0.25, -0.2) is 5.43 Å². The molecule has 8 nitrogen and oxygen atoms in total. The van der Waals surface area contributed by atoms with Gasteiger partial charge < -0.3 is 23.8 Å². The number of benzene rings is 2. The van der Waals surface area contributed by atoms with Gasteiger partial charge in [-0.05, 0) is 36.8 Å². The Morgan fingerprint density at radius 1 is 0.967 bits per heavy atom. The monoisotopic (exact) mass is 413 g/mol. The molecule has 3 rings (SSSR count). The second-order valence-corrected chi connectivity index (χ2v) is 6.70. The molecule has 0 saturated carbocycles. The third kappa shape index (κ3) is 4.83. The van der Waals surface area contributed by atoms with E-state index in [1.807, 2.05) is 19.1 Å². The molecule has 0 spiro atoms. The Kier molecular flexibility index (Phi) is 7.13. The Morgan fingerprint density at radius 2 is 1.57 bits per heavy atom. The molecule has 1 saturated heterocycles. The van der Waals surface area contributed by atoms with Crippen LogP contribution in [-0.2, 0) is 4.74 Å². The van der Waals surface area contributed by atoms with Crippen molar-refractivity contribution in [2.75, 3.05) is 52.5 Å². The van der Waals surface area contributed by atoms with Gasteiger partial charge >= 0.3 is 0 Å². The van der Waals surface area contributed by atoms with Crippen molar-refractivity contribution < 1.29 is 23.7 Å². The zero-order valence-electron chi connectivity index (χ0n) is 17.7. The number of morpholine rings is 1. The van der Waals surface area contributed by atoms with Gasteiger partial charge in [0.05, 0.1) is 40.3 Å². The van der Waals surface area contributed by atoms with Gasteiger partial charge in [-0.2, -0.15) is 5.10 Å². The average Bonchev–Trinajstić information content (AvgIpc) is 2.81. The summed E-state index contributed by atoms with van der Waals surface area (Å²) in [7, 11) is 4.52. The lowest BCUT2D eigenvalue weighted by molar-refractivity contribution is 0.0954. The number of hydrogen-bond donors (Lipinski definition) is 1. The molecule has 1 amide bonds. The first-order chi connectivity index (χ1) is 14.6. The number of methoxy groups -OCH3 is 3. The molecule has 1 aliphatic rings. The Hall–Kier alpha value is -3.26. The van der Waals surface area contributed by atoms with Gasteiger partial charge in [0.25, 0.3) is 5.91 Å². The zero-order valence-corrected chi connectivity index (χ0v) is 17.7. The van der Waals surface area contributed by atoms with Crippen molar-refractivity contribution in [2.45, 2.75) is 6.92 Å². The van der Waals surface area contributed by atoms with Gasteiger partial charge in [0.2, 0.25) is 5.75 Å². The molecule has 2 aromatic carbocycles. The molecule has 0 atom stereocenters. The van der Waals surface area contributed by atoms with E-state index in [0.29, 0.717) is 28.5 Å². The average molecular weight is 413 g/mol. The van der Waals surface area contributed by atoms with E-state index in [9.17, 15) is 4.79 Å². The fourth-order valence-corrected chi connectivity index (χ4v) is 3.21. The summed E-state index contributed by atoms with van der Waals surface area (Å²) in [6.07, 6.45) is 0. The number of amides is 1. The minimum atomic E-state index is -0.376. The van der Waals surface area contributed by atoms with Crippen LogP contribution in [0.15, 0.2) is 41.5 Å². The van der Waals surface area contributed by atoms with E-state index in [-0.39, 0.29) is 5.91 Å². The number of carbonyl (C=O) groups is 1. The Morgan fingerprint density at radius 3 is 2.10 bits per heavy atom. The van der Waals surface area contributed by atoms with Gasteiger partial charge in [0.1, 0.15) is 0 Å². The number of hydrogen-bond acceptors (Lipinski definition) is 7. The predicted octanol–water partition coefficient (Wildman–Crippen LogP) is 2.70. The maximum Gasteiger partial charge on any atom is 0.271 e. The van der Waals surface area contributed by atoms with Crippen LogP contribution in [-0.4, -0.2) is 59.3 Å². The molecule has 0 radical (unpaired) electrons. The first-order valence-corrected chi connectivity index (χ1v) is 9.65. The van der Waals surface area contributed by atoms with Crippen LogP contribution in [0.5, 0.6) is 17.2 Å². The van der Waals surface area contributed by atoms with E-state index >= 15 is 0 Å². The zero-order chi connectivity index (χ0) is 21.5. The van der Waals surface area contributed by atoms with Crippen molar-refractivity contribution >= 4 is 17.3 Å². The minimum absolute atomic E-state index is 0.351. The molecule has 1 N–H and O–H groups in total. The number of nitrogens with zero attached hydrogens (tertiary/aromatic N) is 2. The summed E-state index contributed by atoms with van der Waals surface area (Å²) in [4.78, 5) is 14.9. The van der Waals surface area contributed by atoms with Crippen LogP contribution >= 0.6 is 0 Å². The minimum Gasteiger partial charge on any atom is -0.493 e. The maximum atomic E-state index is 12.6. The Labute approximate surface area is 176 Å². The molecular formula is C22H27N3O5. The Bertz CT molecular complexity index is 880. The third-order valence-corrected chi connectivity index (χ3v) is 4.91. The quantitative estimate of drug-likeness (QED) is 0.555. The highest BCUT2D eigenvalue weighted by Gasteiger charge is 2.17. The molecule has 30 heavy (non-hydrogen) atoms. The molecular weight excluding hydrogens is 386 g/mol. The van der Waals surface area contributed by atoms with Crippen molar-refractivity contribution in [1.29, 1.82) is 0 Å². The molecule has 0 unspecified atom stereocenters. The van der Waals surface area contributed by atoms with E-state index in [1.54, 1.807) is 12.1 Å². The summed E-state index contributed by atoms with van der Waals surface area (Å²) in [5, 5.41) is 4.24. The van der Waals surface area contributed by atoms with Gasteiger partial charge in [-0.15, -0.1) is 0 Å². The number of carbonyl (C=O) groups excluding carboxylic acids is 1. The van der Waals surface area contributed by atoms with Crippen molar-refractivity contribution in [1.82, 2.24) is 5.43 Å². The van der Waals surface area contributed by atoms with Crippen LogP contribution in [0.2, 0.25) is 0 Å². The first kappa shape index (κ1) is 21.4. The summed E-state index contributed by atoms with van der Waals surface area (Å²) in [5.41, 5.74) is 5.71. The normalized spacial score (nSPS) is 14.3. The largest absolute Gasteiger partial charge is 0.493 e. The smallest absolute Gasteiger partial charge is 0.271 e. The fourth-order valence-electron chi connectivity index (χ4n) is 3.21. The summed E-state index contributed by atoms with van der Waals surface area (Å²) < 4.78 is 21.3. The lowest BCUT2D eigenvalue weighted by atomic mass is 10.1. The van der Waals surface area contributed by atoms with Gasteiger partial charge in [0.15, 0.2) is 11.5 Å². The summed E-state index contributed by atoms with van der Waals surface area (Å²) in [6, 6.07) is 11.3. The van der Waals surface area contributed by atoms with Crippen molar-refractivity contribution in [2.24, 2.45) is 5.10 Å². The van der Waals surface area contributed by atoms with Crippen molar-refractivity contribution in [3.63, 3.8) is 0 Å². The lowest BCUT2D eigenvalue weighted by Gasteiger charge is -2.28. The second-order valence-electron chi connectivity index (χ2n) is 6.70. The highest BCUT2D eigenvalue weighted by Crippen LogP contribution is 2.38. The van der Waals surface area contributed by atoms with E-state index in [4.69, 9.17) is 18.9 Å². The van der Waals surface area contributed by atoms with Gasteiger partial charge in [0, 0.05) is 24.3 Å². The van der Waals surface area contributed by atoms with Crippen molar-refractivity contribution in [3.05, 3.63) is 47.5 Å². The number of hydrazone groups is 1. The molecule has 160 valence electrons. The lowest BCUT2D eigenvalue weighted by Crippen LogP contribution is -2.36. The molecule has 0 bridgehead atoms. The SMILES string of the molecule is COc1cc(C(=O)N/N=C(/C)c2ccc(N3CCOCC3)cc2)cc(OC)c1OC. The summed E-state index contributed by atoms with van der Waals surface area (Å²) in [6.45, 7) is 5.11. The molecule has 8 heteroatoms. The maximum absolute atomic E-state index is 12.6. The molecule has 2 aromatic rings. The third-order valence-electron chi connectivity index (χ3n) is 4.91. The van der Waals surface area contributed by atoms with E-state index in [0.717, 1.165) is 37.6 Å². The highest BCUT2D eigenvalue weighted by atomic mass is 16.5. The van der Waals surface area contributed by atoms with E-state index in [2.05, 4.69) is 27.6 Å². The summed E-state index contributed by atoms with van der Waals surface area (Å²) in [5.74, 6) is 0.859. The van der Waals surface area contributed by atoms with Gasteiger partial charge in [-0.3, -0.25) is 4.79 Å². The van der Waals surface area contributed by atoms with Crippen molar-refractivity contribution in [3.8, 4) is 17.2 Å². The first-order valence-electron chi connectivity index (χ1n) is 9.65. The Balaban J connectivity index is 1.71. The van der Waals surface area contributed by atoms with Crippen LogP contribution in [0.25, 0.3) is 0 Å². The molecule has 1 heterocycles. The second kappa shape index (κ2) is 9.98. The van der Waals surface area contributed by atoms with E-state index in [1.165, 1.54) is 21.3 Å². The number of nitrogens with one attached hydrogen (secondary N) is 1. The van der Waals surface area contributed by atoms with Gasteiger partial charge in [-0.1, -0.05) is 12.1 Å². The summed E-state index contributed by atoms with van der Waals surface area (Å²) >= 11 is 0. The molecule has 0 aliphatic carbocycles. The predicted molar refractivity (Wildman–Crippen MR) is 115 cm³/mol. The molecule has 1 aliphatic heterocycles. The number of ether oxygens (including phenoxy) is 4. The highest BCUT2D eigenvalue weighted by molar-refractivity contribution is 6.01. The van der Waals surface area contributed by atoms with Crippen LogP contribution in [0, 0.1) is 0 Å². The van der Waals surface area contributed by atoms with Crippen LogP contribution in [0.4, 0.5) is 5.69 Å². The van der Waals surface area contributed by atoms with E-state index < -0.39 is 0 Å². The van der Waals surface area contributed by atoms with Crippen LogP contribution < -0.4 is 24.5 Å². The van der Waals surface area contributed by atoms with Crippen LogP contribution in [0.1, 0.15) is 22.8 Å². The standard InChI is InChI=1S/C22H27N3O5/c1-15(16-5-7-18(8-6-16)25-9-11-30-12-10-25)23-24-22(26)17-13-19(27-2)21(29-4)20(14-17)28-3/h5-8,13-14H,9-12H2,1-4H3,(H,24,26)/b23-15-. The number of anilines is 1. The topological polar surface area (TPSA) is 81.6 Å².